The van der Waals surface area contributed by atoms with Crippen LogP contribution in [0.4, 0.5) is 0 Å². The summed E-state index contributed by atoms with van der Waals surface area (Å²) in [5.74, 6) is 0. The van der Waals surface area contributed by atoms with E-state index in [0.29, 0.717) is 6.42 Å². The van der Waals surface area contributed by atoms with Crippen molar-refractivity contribution < 1.29 is 14.3 Å². The summed E-state index contributed by atoms with van der Waals surface area (Å²) in [5, 5.41) is 10.1. The number of aldehydes is 1. The summed E-state index contributed by atoms with van der Waals surface area (Å²) in [4.78, 5) is 11.0. The van der Waals surface area contributed by atoms with Gasteiger partial charge in [-0.15, -0.1) is 0 Å². The van der Waals surface area contributed by atoms with E-state index in [1.54, 1.807) is 0 Å². The highest BCUT2D eigenvalue weighted by Crippen LogP contribution is 2.38. The topological polar surface area (TPSA) is 46.5 Å². The minimum absolute atomic E-state index is 0.0675. The van der Waals surface area contributed by atoms with Gasteiger partial charge in [0.25, 0.3) is 0 Å². The van der Waals surface area contributed by atoms with Gasteiger partial charge in [-0.25, -0.2) is 0 Å². The fourth-order valence-corrected chi connectivity index (χ4v) is 4.03. The largest absolute Gasteiger partial charge is 0.414 e. The number of unbranched alkanes of at least 4 members (excludes halogenated alkanes) is 4. The number of aliphatic hydroxyl groups is 1. The maximum atomic E-state index is 11.0. The Balaban J connectivity index is 4.04. The molecular weight excluding hydrogens is 316 g/mol. The predicted molar refractivity (Wildman–Crippen MR) is 106 cm³/mol. The molecule has 0 saturated carbocycles. The predicted octanol–water partition coefficient (Wildman–Crippen LogP) is 5.86. The second-order valence-electron chi connectivity index (χ2n) is 8.69. The molecule has 0 rings (SSSR count). The summed E-state index contributed by atoms with van der Waals surface area (Å²) in [6, 6.07) is 0. The summed E-state index contributed by atoms with van der Waals surface area (Å²) in [5.41, 5.74) is 0. The minimum Gasteiger partial charge on any atom is -0.414 e. The third kappa shape index (κ3) is 10.6. The Hall–Kier alpha value is -0.193. The molecule has 2 atom stereocenters. The molecule has 0 radical (unpaired) electrons. The molecule has 4 heteroatoms. The quantitative estimate of drug-likeness (QED) is 0.240. The molecular formula is C20H42O3Si. The van der Waals surface area contributed by atoms with Gasteiger partial charge < -0.3 is 14.3 Å². The third-order valence-corrected chi connectivity index (χ3v) is 9.87. The van der Waals surface area contributed by atoms with Crippen molar-refractivity contribution in [1.29, 1.82) is 0 Å². The van der Waals surface area contributed by atoms with Crippen LogP contribution < -0.4 is 0 Å². The summed E-state index contributed by atoms with van der Waals surface area (Å²) < 4.78 is 6.39. The molecule has 0 aliphatic carbocycles. The van der Waals surface area contributed by atoms with Gasteiger partial charge >= 0.3 is 0 Å². The molecule has 0 aliphatic rings. The number of hydrogen-bond acceptors (Lipinski definition) is 3. The average Bonchev–Trinajstić information content (AvgIpc) is 2.45. The van der Waals surface area contributed by atoms with Crippen LogP contribution in [0.1, 0.15) is 91.9 Å². The fraction of sp³-hybridized carbons (Fsp3) is 0.950. The maximum Gasteiger partial charge on any atom is 0.192 e. The van der Waals surface area contributed by atoms with Crippen LogP contribution in [-0.4, -0.2) is 31.9 Å². The molecule has 0 saturated heterocycles. The second kappa shape index (κ2) is 12.2. The first kappa shape index (κ1) is 23.8. The van der Waals surface area contributed by atoms with Gasteiger partial charge in [-0.05, 0) is 37.4 Å². The lowest BCUT2D eigenvalue weighted by Gasteiger charge is -2.39. The van der Waals surface area contributed by atoms with Crippen LogP contribution in [-0.2, 0) is 9.22 Å². The van der Waals surface area contributed by atoms with Crippen molar-refractivity contribution in [3.05, 3.63) is 0 Å². The first-order chi connectivity index (χ1) is 11.1. The van der Waals surface area contributed by atoms with Crippen molar-refractivity contribution in [2.75, 3.05) is 0 Å². The van der Waals surface area contributed by atoms with Gasteiger partial charge in [0.15, 0.2) is 8.32 Å². The average molecular weight is 359 g/mol. The lowest BCUT2D eigenvalue weighted by molar-refractivity contribution is -0.109. The zero-order valence-electron chi connectivity index (χ0n) is 17.1. The van der Waals surface area contributed by atoms with Gasteiger partial charge in [-0.1, -0.05) is 66.2 Å². The molecule has 0 aromatic rings. The number of carbonyl (C=O) groups excluding carboxylic acids is 1. The van der Waals surface area contributed by atoms with Crippen LogP contribution in [0.5, 0.6) is 0 Å². The van der Waals surface area contributed by atoms with Crippen molar-refractivity contribution in [2.24, 2.45) is 0 Å². The van der Waals surface area contributed by atoms with Crippen molar-refractivity contribution in [1.82, 2.24) is 0 Å². The van der Waals surface area contributed by atoms with Crippen molar-refractivity contribution in [3.63, 3.8) is 0 Å². The number of aliphatic hydroxyl groups excluding tert-OH is 1. The highest BCUT2D eigenvalue weighted by atomic mass is 28.4. The highest BCUT2D eigenvalue weighted by Gasteiger charge is 2.38. The number of carbonyl (C=O) groups is 1. The highest BCUT2D eigenvalue weighted by molar-refractivity contribution is 6.74. The van der Waals surface area contributed by atoms with Gasteiger partial charge in [-0.2, -0.15) is 0 Å². The van der Waals surface area contributed by atoms with Crippen LogP contribution in [0.25, 0.3) is 0 Å². The molecule has 144 valence electrons. The van der Waals surface area contributed by atoms with Crippen LogP contribution >= 0.6 is 0 Å². The van der Waals surface area contributed by atoms with Crippen molar-refractivity contribution in [2.45, 2.75) is 122 Å². The Bertz CT molecular complexity index is 323. The zero-order valence-corrected chi connectivity index (χ0v) is 18.1. The summed E-state index contributed by atoms with van der Waals surface area (Å²) in [6.45, 7) is 13.4. The number of hydrogen-bond donors (Lipinski definition) is 1. The van der Waals surface area contributed by atoms with Gasteiger partial charge in [-0.3, -0.25) is 0 Å². The van der Waals surface area contributed by atoms with E-state index in [4.69, 9.17) is 4.43 Å². The van der Waals surface area contributed by atoms with E-state index >= 15 is 0 Å². The summed E-state index contributed by atoms with van der Waals surface area (Å²) >= 11 is 0. The lowest BCUT2D eigenvalue weighted by Crippen LogP contribution is -2.44. The molecule has 0 fully saturated rings. The molecule has 0 heterocycles. The van der Waals surface area contributed by atoms with E-state index in [2.05, 4.69) is 40.8 Å². The van der Waals surface area contributed by atoms with E-state index in [9.17, 15) is 9.90 Å². The Morgan fingerprint density at radius 1 is 1.00 bits per heavy atom. The van der Waals surface area contributed by atoms with Crippen LogP contribution in [0.3, 0.4) is 0 Å². The summed E-state index contributed by atoms with van der Waals surface area (Å²) in [7, 11) is -1.81. The van der Waals surface area contributed by atoms with Gasteiger partial charge in [0.2, 0.25) is 0 Å². The fourth-order valence-electron chi connectivity index (χ4n) is 2.63. The molecule has 0 unspecified atom stereocenters. The third-order valence-electron chi connectivity index (χ3n) is 5.33. The molecule has 0 aliphatic heterocycles. The molecule has 1 N–H and O–H groups in total. The normalized spacial score (nSPS) is 15.3. The SMILES string of the molecule is CCCCC[C@@H](O)CCCCC[C@H](CC=O)O[Si](C)(C)C(C)(C)C. The first-order valence-corrected chi connectivity index (χ1v) is 12.8. The van der Waals surface area contributed by atoms with E-state index in [-0.39, 0.29) is 17.2 Å². The standard InChI is InChI=1S/C20H42O3Si/c1-7-8-10-13-18(22)14-11-9-12-15-19(16-17-21)23-24(5,6)20(2,3)4/h17-19,22H,7-16H2,1-6H3/t18-,19-/m1/s1. The van der Waals surface area contributed by atoms with Gasteiger partial charge in [0.1, 0.15) is 6.29 Å². The molecule has 3 nitrogen and oxygen atoms in total. The maximum absolute atomic E-state index is 11.0. The van der Waals surface area contributed by atoms with E-state index < -0.39 is 8.32 Å². The second-order valence-corrected chi connectivity index (χ2v) is 13.4. The van der Waals surface area contributed by atoms with E-state index in [1.165, 1.54) is 12.8 Å². The molecule has 0 bridgehead atoms. The van der Waals surface area contributed by atoms with Gasteiger partial charge in [0.05, 0.1) is 12.2 Å². The van der Waals surface area contributed by atoms with Crippen LogP contribution in [0, 0.1) is 0 Å². The summed E-state index contributed by atoms with van der Waals surface area (Å²) in [6.07, 6.45) is 11.1. The lowest BCUT2D eigenvalue weighted by atomic mass is 10.0. The Morgan fingerprint density at radius 2 is 1.54 bits per heavy atom. The van der Waals surface area contributed by atoms with E-state index in [0.717, 1.165) is 51.2 Å². The Morgan fingerprint density at radius 3 is 2.04 bits per heavy atom. The molecule has 0 aromatic carbocycles. The Kier molecular flexibility index (Phi) is 12.1. The van der Waals surface area contributed by atoms with Gasteiger partial charge in [0, 0.05) is 6.42 Å². The molecule has 24 heavy (non-hydrogen) atoms. The van der Waals surface area contributed by atoms with Crippen molar-refractivity contribution >= 4 is 14.6 Å². The zero-order chi connectivity index (χ0) is 18.6. The monoisotopic (exact) mass is 358 g/mol. The van der Waals surface area contributed by atoms with Crippen molar-refractivity contribution in [3.8, 4) is 0 Å². The van der Waals surface area contributed by atoms with Crippen LogP contribution in [0.2, 0.25) is 18.1 Å². The smallest absolute Gasteiger partial charge is 0.192 e. The van der Waals surface area contributed by atoms with Crippen LogP contribution in [0.15, 0.2) is 0 Å². The minimum atomic E-state index is -1.81. The Labute approximate surface area is 151 Å². The molecule has 0 amide bonds. The number of rotatable bonds is 14. The van der Waals surface area contributed by atoms with E-state index in [1.807, 2.05) is 0 Å². The molecule has 0 spiro atoms. The first-order valence-electron chi connectivity index (χ1n) is 9.93. The molecule has 0 aromatic heterocycles.